The molecule has 0 bridgehead atoms. The van der Waals surface area contributed by atoms with Crippen molar-refractivity contribution in [3.63, 3.8) is 0 Å². The van der Waals surface area contributed by atoms with E-state index in [0.717, 1.165) is 16.5 Å². The molecule has 1 aromatic heterocycles. The van der Waals surface area contributed by atoms with Crippen LogP contribution in [0.2, 0.25) is 5.15 Å². The summed E-state index contributed by atoms with van der Waals surface area (Å²) in [5, 5.41) is 10.6. The van der Waals surface area contributed by atoms with Crippen LogP contribution in [0.3, 0.4) is 0 Å². The first kappa shape index (κ1) is 15.3. The fourth-order valence-corrected chi connectivity index (χ4v) is 2.46. The van der Waals surface area contributed by atoms with Crippen LogP contribution in [0, 0.1) is 6.92 Å². The molecular formula is C18H14ClNO3. The SMILES string of the molecule is Cc1ccc2cc(COC(=O)c3cccc(O)c3)c(Cl)nc2c1. The maximum atomic E-state index is 12.0. The molecule has 0 aliphatic rings. The predicted octanol–water partition coefficient (Wildman–Crippen LogP) is 4.26. The highest BCUT2D eigenvalue weighted by Gasteiger charge is 2.11. The predicted molar refractivity (Wildman–Crippen MR) is 88.7 cm³/mol. The van der Waals surface area contributed by atoms with Crippen LogP contribution in [-0.2, 0) is 11.3 Å². The Morgan fingerprint density at radius 2 is 2.04 bits per heavy atom. The summed E-state index contributed by atoms with van der Waals surface area (Å²) >= 11 is 6.17. The summed E-state index contributed by atoms with van der Waals surface area (Å²) in [6.45, 7) is 2.00. The van der Waals surface area contributed by atoms with Crippen molar-refractivity contribution in [3.8, 4) is 5.75 Å². The minimum atomic E-state index is -0.527. The minimum absolute atomic E-state index is 0.0141. The van der Waals surface area contributed by atoms with Crippen LogP contribution in [0.4, 0.5) is 0 Å². The van der Waals surface area contributed by atoms with Gasteiger partial charge in [0.05, 0.1) is 11.1 Å². The van der Waals surface area contributed by atoms with E-state index in [1.807, 2.05) is 31.2 Å². The number of pyridine rings is 1. The number of hydrogen-bond donors (Lipinski definition) is 1. The smallest absolute Gasteiger partial charge is 0.338 e. The molecular weight excluding hydrogens is 314 g/mol. The standard InChI is InChI=1S/C18H14ClNO3/c1-11-5-6-12-8-14(17(19)20-16(12)7-11)10-23-18(22)13-3-2-4-15(21)9-13/h2-9,21H,10H2,1H3. The Labute approximate surface area is 138 Å². The maximum Gasteiger partial charge on any atom is 0.338 e. The lowest BCUT2D eigenvalue weighted by Crippen LogP contribution is -2.05. The number of benzene rings is 2. The summed E-state index contributed by atoms with van der Waals surface area (Å²) in [4.78, 5) is 16.3. The first-order valence-electron chi connectivity index (χ1n) is 7.05. The van der Waals surface area contributed by atoms with Gasteiger partial charge in [-0.05, 0) is 42.8 Å². The Morgan fingerprint density at radius 1 is 1.22 bits per heavy atom. The minimum Gasteiger partial charge on any atom is -0.508 e. The average molecular weight is 328 g/mol. The Hall–Kier alpha value is -2.59. The molecule has 0 saturated carbocycles. The van der Waals surface area contributed by atoms with E-state index >= 15 is 0 Å². The van der Waals surface area contributed by atoms with Gasteiger partial charge in [-0.15, -0.1) is 0 Å². The lowest BCUT2D eigenvalue weighted by atomic mass is 10.1. The number of aromatic nitrogens is 1. The zero-order valence-electron chi connectivity index (χ0n) is 12.4. The third-order valence-electron chi connectivity index (χ3n) is 3.44. The summed E-state index contributed by atoms with van der Waals surface area (Å²) in [7, 11) is 0. The molecule has 0 unspecified atom stereocenters. The average Bonchev–Trinajstić information content (AvgIpc) is 2.52. The molecule has 0 amide bonds. The van der Waals surface area contributed by atoms with Crippen molar-refractivity contribution in [1.29, 1.82) is 0 Å². The second kappa shape index (κ2) is 6.26. The van der Waals surface area contributed by atoms with Gasteiger partial charge in [0, 0.05) is 10.9 Å². The van der Waals surface area contributed by atoms with E-state index in [9.17, 15) is 9.90 Å². The quantitative estimate of drug-likeness (QED) is 0.577. The molecule has 3 rings (SSSR count). The molecule has 3 aromatic rings. The Balaban J connectivity index is 1.80. The van der Waals surface area contributed by atoms with Gasteiger partial charge in [-0.25, -0.2) is 9.78 Å². The van der Waals surface area contributed by atoms with Gasteiger partial charge in [-0.1, -0.05) is 29.8 Å². The number of fused-ring (bicyclic) bond motifs is 1. The van der Waals surface area contributed by atoms with Crippen molar-refractivity contribution < 1.29 is 14.6 Å². The van der Waals surface area contributed by atoms with Gasteiger partial charge < -0.3 is 9.84 Å². The number of aryl methyl sites for hydroxylation is 1. The number of hydrogen-bond acceptors (Lipinski definition) is 4. The second-order valence-corrected chi connectivity index (χ2v) is 5.62. The summed E-state index contributed by atoms with van der Waals surface area (Å²) < 4.78 is 5.25. The van der Waals surface area contributed by atoms with Crippen molar-refractivity contribution in [3.05, 3.63) is 70.4 Å². The summed E-state index contributed by atoms with van der Waals surface area (Å²) in [5.74, 6) is -0.513. The number of phenolic OH excluding ortho intramolecular Hbond substituents is 1. The molecule has 1 heterocycles. The maximum absolute atomic E-state index is 12.0. The van der Waals surface area contributed by atoms with Crippen LogP contribution in [0.15, 0.2) is 48.5 Å². The Morgan fingerprint density at radius 3 is 2.83 bits per heavy atom. The van der Waals surface area contributed by atoms with Crippen LogP contribution in [0.5, 0.6) is 5.75 Å². The first-order valence-corrected chi connectivity index (χ1v) is 7.42. The monoisotopic (exact) mass is 327 g/mol. The third kappa shape index (κ3) is 3.43. The van der Waals surface area contributed by atoms with E-state index in [0.29, 0.717) is 10.7 Å². The van der Waals surface area contributed by atoms with Gasteiger partial charge >= 0.3 is 5.97 Å². The summed E-state index contributed by atoms with van der Waals surface area (Å²) in [5.41, 5.74) is 2.82. The van der Waals surface area contributed by atoms with E-state index in [1.54, 1.807) is 12.1 Å². The fourth-order valence-electron chi connectivity index (χ4n) is 2.26. The van der Waals surface area contributed by atoms with E-state index < -0.39 is 5.97 Å². The zero-order valence-corrected chi connectivity index (χ0v) is 13.2. The van der Waals surface area contributed by atoms with Crippen LogP contribution >= 0.6 is 11.6 Å². The molecule has 5 heteroatoms. The Bertz CT molecular complexity index is 893. The summed E-state index contributed by atoms with van der Waals surface area (Å²) in [6.07, 6.45) is 0. The highest BCUT2D eigenvalue weighted by molar-refractivity contribution is 6.30. The number of ether oxygens (including phenoxy) is 1. The molecule has 0 aliphatic carbocycles. The van der Waals surface area contributed by atoms with Crippen molar-refractivity contribution in [2.75, 3.05) is 0 Å². The van der Waals surface area contributed by atoms with Crippen molar-refractivity contribution >= 4 is 28.5 Å². The molecule has 0 fully saturated rings. The molecule has 0 aliphatic heterocycles. The molecule has 0 spiro atoms. The number of rotatable bonds is 3. The highest BCUT2D eigenvalue weighted by atomic mass is 35.5. The molecule has 2 aromatic carbocycles. The number of halogens is 1. The van der Waals surface area contributed by atoms with Crippen molar-refractivity contribution in [2.45, 2.75) is 13.5 Å². The zero-order chi connectivity index (χ0) is 16.4. The number of phenols is 1. The molecule has 1 N–H and O–H groups in total. The second-order valence-electron chi connectivity index (χ2n) is 5.26. The van der Waals surface area contributed by atoms with Crippen LogP contribution in [0.1, 0.15) is 21.5 Å². The number of carbonyl (C=O) groups excluding carboxylic acids is 1. The molecule has 116 valence electrons. The molecule has 0 radical (unpaired) electrons. The van der Waals surface area contributed by atoms with Crippen molar-refractivity contribution in [1.82, 2.24) is 4.98 Å². The number of carbonyl (C=O) groups is 1. The fraction of sp³-hybridized carbons (Fsp3) is 0.111. The topological polar surface area (TPSA) is 59.4 Å². The Kier molecular flexibility index (Phi) is 4.17. The lowest BCUT2D eigenvalue weighted by molar-refractivity contribution is 0.0472. The van der Waals surface area contributed by atoms with E-state index in [-0.39, 0.29) is 17.9 Å². The molecule has 0 atom stereocenters. The number of nitrogens with zero attached hydrogens (tertiary/aromatic N) is 1. The van der Waals surface area contributed by atoms with Crippen LogP contribution < -0.4 is 0 Å². The van der Waals surface area contributed by atoms with Gasteiger partial charge in [0.1, 0.15) is 17.5 Å². The van der Waals surface area contributed by atoms with Gasteiger partial charge in [0.15, 0.2) is 0 Å². The summed E-state index contributed by atoms with van der Waals surface area (Å²) in [6, 6.07) is 13.7. The number of aromatic hydroxyl groups is 1. The molecule has 23 heavy (non-hydrogen) atoms. The van der Waals surface area contributed by atoms with E-state index in [1.165, 1.54) is 12.1 Å². The molecule has 4 nitrogen and oxygen atoms in total. The van der Waals surface area contributed by atoms with Gasteiger partial charge in [-0.3, -0.25) is 0 Å². The van der Waals surface area contributed by atoms with Gasteiger partial charge in [-0.2, -0.15) is 0 Å². The number of esters is 1. The van der Waals surface area contributed by atoms with Crippen molar-refractivity contribution in [2.24, 2.45) is 0 Å². The van der Waals surface area contributed by atoms with E-state index in [2.05, 4.69) is 4.98 Å². The first-order chi connectivity index (χ1) is 11.0. The lowest BCUT2D eigenvalue weighted by Gasteiger charge is -2.08. The normalized spacial score (nSPS) is 10.7. The largest absolute Gasteiger partial charge is 0.508 e. The van der Waals surface area contributed by atoms with E-state index in [4.69, 9.17) is 16.3 Å². The molecule has 0 saturated heterocycles. The van der Waals surface area contributed by atoms with Gasteiger partial charge in [0.2, 0.25) is 0 Å². The van der Waals surface area contributed by atoms with Crippen LogP contribution in [0.25, 0.3) is 10.9 Å². The van der Waals surface area contributed by atoms with Gasteiger partial charge in [0.25, 0.3) is 0 Å². The van der Waals surface area contributed by atoms with Crippen LogP contribution in [-0.4, -0.2) is 16.1 Å². The third-order valence-corrected chi connectivity index (χ3v) is 3.77. The highest BCUT2D eigenvalue weighted by Crippen LogP contribution is 2.22.